The first-order valence-corrected chi connectivity index (χ1v) is 12.4. The molecule has 4 N–H and O–H groups in total. The molecule has 0 amide bonds. The van der Waals surface area contributed by atoms with Crippen LogP contribution in [0, 0.1) is 30.6 Å². The second-order valence-corrected chi connectivity index (χ2v) is 10.9. The lowest BCUT2D eigenvalue weighted by molar-refractivity contribution is -0.129. The number of aliphatic imine (C=N–C) groups is 1. The zero-order valence-electron chi connectivity index (χ0n) is 20.8. The molecule has 6 atom stereocenters. The van der Waals surface area contributed by atoms with Crippen molar-refractivity contribution in [3.63, 3.8) is 0 Å². The van der Waals surface area contributed by atoms with Crippen molar-refractivity contribution in [1.29, 1.82) is 0 Å². The monoisotopic (exact) mass is 471 g/mol. The van der Waals surface area contributed by atoms with E-state index in [-0.39, 0.29) is 17.7 Å². The number of fused-ring (bicyclic) bond motifs is 3. The van der Waals surface area contributed by atoms with Crippen molar-refractivity contribution in [3.8, 4) is 0 Å². The number of aromatic nitrogens is 4. The van der Waals surface area contributed by atoms with Crippen LogP contribution in [-0.4, -0.2) is 42.6 Å². The summed E-state index contributed by atoms with van der Waals surface area (Å²) in [5, 5.41) is 4.67. The summed E-state index contributed by atoms with van der Waals surface area (Å²) in [5.41, 5.74) is 11.7. The van der Waals surface area contributed by atoms with Gasteiger partial charge in [0.1, 0.15) is 17.1 Å². The molecule has 7 rings (SSSR count). The Balaban J connectivity index is 1.32. The number of nitrogens with one attached hydrogen (secondary N) is 2. The number of Topliss-reactive ketones (excluding diaryl/α,β-unsaturated/α-hetero) is 1. The summed E-state index contributed by atoms with van der Waals surface area (Å²) in [6, 6.07) is 2.11. The van der Waals surface area contributed by atoms with Crippen LogP contribution < -0.4 is 11.1 Å². The predicted octanol–water partition coefficient (Wildman–Crippen LogP) is 3.64. The lowest BCUT2D eigenvalue weighted by Gasteiger charge is -2.54. The number of nitrogens with two attached hydrogens (primary N) is 1. The smallest absolute Gasteiger partial charge is 0.161 e. The van der Waals surface area contributed by atoms with Gasteiger partial charge in [-0.25, -0.2) is 15.0 Å². The predicted molar refractivity (Wildman–Crippen MR) is 137 cm³/mol. The summed E-state index contributed by atoms with van der Waals surface area (Å²) in [7, 11) is 1.93. The van der Waals surface area contributed by atoms with Crippen molar-refractivity contribution in [2.75, 3.05) is 0 Å². The highest BCUT2D eigenvalue weighted by molar-refractivity contribution is 6.10. The fraction of sp³-hybridized carbons (Fsp3) is 0.481. The molecule has 4 fully saturated rings. The van der Waals surface area contributed by atoms with E-state index in [1.54, 1.807) is 13.3 Å². The van der Waals surface area contributed by atoms with Crippen molar-refractivity contribution in [3.05, 3.63) is 48.2 Å². The van der Waals surface area contributed by atoms with E-state index >= 15 is 0 Å². The van der Waals surface area contributed by atoms with Crippen LogP contribution in [-0.2, 0) is 11.8 Å². The molecule has 8 nitrogen and oxygen atoms in total. The van der Waals surface area contributed by atoms with Gasteiger partial charge in [0.2, 0.25) is 0 Å². The van der Waals surface area contributed by atoms with E-state index in [2.05, 4.69) is 32.9 Å². The lowest BCUT2D eigenvalue weighted by Crippen LogP contribution is -2.67. The Labute approximate surface area is 205 Å². The van der Waals surface area contributed by atoms with Crippen LogP contribution in [0.1, 0.15) is 49.9 Å². The molecular formula is C27H33N7O. The first-order valence-electron chi connectivity index (χ1n) is 12.4. The van der Waals surface area contributed by atoms with E-state index < -0.39 is 5.54 Å². The van der Waals surface area contributed by atoms with Gasteiger partial charge in [0.05, 0.1) is 17.9 Å². The number of pyridine rings is 1. The highest BCUT2D eigenvalue weighted by Gasteiger charge is 2.68. The summed E-state index contributed by atoms with van der Waals surface area (Å²) in [6.45, 7) is 10.1. The van der Waals surface area contributed by atoms with E-state index in [0.29, 0.717) is 29.1 Å². The van der Waals surface area contributed by atoms with Gasteiger partial charge >= 0.3 is 0 Å². The van der Waals surface area contributed by atoms with Gasteiger partial charge in [-0.2, -0.15) is 0 Å². The number of ketones is 1. The van der Waals surface area contributed by atoms with Crippen LogP contribution >= 0.6 is 0 Å². The fourth-order valence-electron chi connectivity index (χ4n) is 7.02. The first kappa shape index (κ1) is 22.2. The molecule has 35 heavy (non-hydrogen) atoms. The molecule has 8 heteroatoms. The highest BCUT2D eigenvalue weighted by Crippen LogP contribution is 2.65. The van der Waals surface area contributed by atoms with Crippen LogP contribution in [0.25, 0.3) is 16.7 Å². The Morgan fingerprint density at radius 3 is 2.91 bits per heavy atom. The molecule has 182 valence electrons. The van der Waals surface area contributed by atoms with Gasteiger partial charge < -0.3 is 20.6 Å². The maximum Gasteiger partial charge on any atom is 0.161 e. The first-order chi connectivity index (χ1) is 16.7. The number of imidazole rings is 1. The molecule has 3 heterocycles. The number of H-pyrrole nitrogens is 1. The van der Waals surface area contributed by atoms with Crippen molar-refractivity contribution in [2.45, 2.75) is 51.6 Å². The quantitative estimate of drug-likeness (QED) is 0.475. The Morgan fingerprint density at radius 1 is 1.34 bits per heavy atom. The van der Waals surface area contributed by atoms with Gasteiger partial charge in [-0.3, -0.25) is 4.79 Å². The second-order valence-electron chi connectivity index (χ2n) is 10.9. The molecule has 4 aliphatic rings. The van der Waals surface area contributed by atoms with Crippen molar-refractivity contribution < 1.29 is 4.79 Å². The highest BCUT2D eigenvalue weighted by atomic mass is 16.1. The Morgan fingerprint density at radius 2 is 2.14 bits per heavy atom. The van der Waals surface area contributed by atoms with E-state index in [1.165, 1.54) is 0 Å². The molecule has 0 aromatic carbocycles. The Kier molecular flexibility index (Phi) is 4.84. The topological polar surface area (TPSA) is 114 Å². The number of carbonyl (C=O) groups excluding carboxylic acids is 1. The van der Waals surface area contributed by atoms with Crippen LogP contribution in [0.5, 0.6) is 0 Å². The minimum atomic E-state index is -0.396. The van der Waals surface area contributed by atoms with Crippen LogP contribution in [0.15, 0.2) is 36.4 Å². The Bertz CT molecular complexity index is 1400. The average Bonchev–Trinajstić information content (AvgIpc) is 3.42. The number of rotatable bonds is 6. The minimum absolute atomic E-state index is 0.00917. The number of hydrogen-bond acceptors (Lipinski definition) is 6. The van der Waals surface area contributed by atoms with Crippen LogP contribution in [0.4, 0.5) is 5.82 Å². The number of nitrogens with zero attached hydrogens (tertiary/aromatic N) is 4. The molecule has 4 saturated carbocycles. The van der Waals surface area contributed by atoms with Crippen molar-refractivity contribution in [2.24, 2.45) is 41.4 Å². The van der Waals surface area contributed by atoms with E-state index in [0.717, 1.165) is 53.0 Å². The maximum atomic E-state index is 12.8. The molecule has 0 saturated heterocycles. The van der Waals surface area contributed by atoms with Crippen LogP contribution in [0.3, 0.4) is 0 Å². The molecular weight excluding hydrogens is 438 g/mol. The molecule has 3 unspecified atom stereocenters. The van der Waals surface area contributed by atoms with E-state index in [4.69, 9.17) is 10.7 Å². The average molecular weight is 472 g/mol. The largest absolute Gasteiger partial charge is 0.380 e. The van der Waals surface area contributed by atoms with Crippen molar-refractivity contribution >= 4 is 34.0 Å². The van der Waals surface area contributed by atoms with Gasteiger partial charge in [-0.1, -0.05) is 6.58 Å². The zero-order valence-corrected chi connectivity index (χ0v) is 20.8. The zero-order chi connectivity index (χ0) is 24.6. The standard InChI is InChI=1S/C27H33N7O/c1-13-8-19-20(11-30-25(19)29-10-13)14(2)33-26-23(31-12-34(26)5)15(3)32-24-17-6-7-27(28,21-9-18(17)21)22(24)16(4)35/h8,10-12,17-18,21-22,24,32H,3,6-7,9,28H2,1-2,4-5H3,(H,29,30)/t17-,18?,21?,22-,24?,27-/m0/s1. The third-order valence-corrected chi connectivity index (χ3v) is 8.69. The lowest BCUT2D eigenvalue weighted by atomic mass is 9.56. The number of hydrogen-bond donors (Lipinski definition) is 3. The van der Waals surface area contributed by atoms with Gasteiger partial charge in [0.25, 0.3) is 0 Å². The normalized spacial score (nSPS) is 31.5. The number of aryl methyl sites for hydroxylation is 2. The summed E-state index contributed by atoms with van der Waals surface area (Å²) < 4.78 is 1.90. The summed E-state index contributed by atoms with van der Waals surface area (Å²) in [4.78, 5) is 30.1. The third kappa shape index (κ3) is 3.30. The number of carbonyl (C=O) groups is 1. The molecule has 0 aliphatic heterocycles. The van der Waals surface area contributed by atoms with Gasteiger partial charge in [-0.15, -0.1) is 0 Å². The molecule has 2 bridgehead atoms. The summed E-state index contributed by atoms with van der Waals surface area (Å²) >= 11 is 0. The maximum absolute atomic E-state index is 12.8. The van der Waals surface area contributed by atoms with Crippen LogP contribution in [0.2, 0.25) is 0 Å². The SMILES string of the molecule is C=C(NC1[C@H]2CC[C@](N)(C3CC32)[C@H]1C(C)=O)c1ncn(C)c1N=C(C)c1c[nH]c2ncc(C)cc12. The van der Waals surface area contributed by atoms with Gasteiger partial charge in [0.15, 0.2) is 5.82 Å². The van der Waals surface area contributed by atoms with E-state index in [1.807, 2.05) is 37.9 Å². The van der Waals surface area contributed by atoms with E-state index in [9.17, 15) is 4.79 Å². The molecule has 0 radical (unpaired) electrons. The molecule has 3 aromatic heterocycles. The second kappa shape index (κ2) is 7.62. The van der Waals surface area contributed by atoms with Crippen molar-refractivity contribution in [1.82, 2.24) is 24.8 Å². The van der Waals surface area contributed by atoms with Gasteiger partial charge in [-0.05, 0) is 69.4 Å². The summed E-state index contributed by atoms with van der Waals surface area (Å²) in [6.07, 6.45) is 8.70. The molecule has 4 aliphatic carbocycles. The third-order valence-electron chi connectivity index (χ3n) is 8.69. The Hall–Kier alpha value is -3.26. The van der Waals surface area contributed by atoms with Gasteiger partial charge in [0, 0.05) is 47.7 Å². The number of aromatic amines is 1. The molecule has 3 aromatic rings. The minimum Gasteiger partial charge on any atom is -0.380 e. The fourth-order valence-corrected chi connectivity index (χ4v) is 7.02. The summed E-state index contributed by atoms with van der Waals surface area (Å²) in [5.74, 6) is 2.27. The molecule has 0 spiro atoms.